The Morgan fingerprint density at radius 1 is 1.21 bits per heavy atom. The summed E-state index contributed by atoms with van der Waals surface area (Å²) in [6, 6.07) is 13.5. The number of para-hydroxylation sites is 1. The van der Waals surface area contributed by atoms with Crippen LogP contribution in [-0.2, 0) is 17.8 Å². The van der Waals surface area contributed by atoms with Crippen LogP contribution < -0.4 is 5.32 Å². The van der Waals surface area contributed by atoms with Crippen molar-refractivity contribution in [2.75, 3.05) is 5.32 Å². The molecule has 1 aromatic heterocycles. The van der Waals surface area contributed by atoms with Crippen LogP contribution in [0.3, 0.4) is 0 Å². The zero-order valence-electron chi connectivity index (χ0n) is 13.3. The molecule has 0 atom stereocenters. The topological polar surface area (TPSA) is 51.1 Å². The van der Waals surface area contributed by atoms with E-state index in [2.05, 4.69) is 34.8 Å². The molecular weight excluding hydrogens is 415 g/mol. The molecule has 5 heteroatoms. The fourth-order valence-corrected chi connectivity index (χ4v) is 3.22. The molecule has 3 aromatic rings. The first kappa shape index (κ1) is 16.7. The number of rotatable bonds is 5. The molecule has 122 valence electrons. The molecule has 2 aromatic carbocycles. The fraction of sp³-hybridized carbons (Fsp3) is 0.158. The van der Waals surface area contributed by atoms with E-state index in [1.165, 1.54) is 0 Å². The number of hydrogen-bond donors (Lipinski definition) is 1. The number of carbonyl (C=O) groups is 2. The smallest absolute Gasteiger partial charge is 0.244 e. The maximum atomic E-state index is 12.4. The Balaban J connectivity index is 1.90. The maximum Gasteiger partial charge on any atom is 0.244 e. The molecule has 0 aliphatic heterocycles. The first-order valence-electron chi connectivity index (χ1n) is 7.73. The highest BCUT2D eigenvalue weighted by molar-refractivity contribution is 14.1. The van der Waals surface area contributed by atoms with Gasteiger partial charge in [-0.3, -0.25) is 9.59 Å². The zero-order valence-corrected chi connectivity index (χ0v) is 15.4. The molecule has 0 aliphatic rings. The summed E-state index contributed by atoms with van der Waals surface area (Å²) in [7, 11) is 0. The number of carbonyl (C=O) groups excluding carboxylic acids is 2. The Morgan fingerprint density at radius 3 is 2.62 bits per heavy atom. The van der Waals surface area contributed by atoms with E-state index in [0.29, 0.717) is 5.56 Å². The Labute approximate surface area is 154 Å². The number of nitrogens with one attached hydrogen (secondary N) is 1. The van der Waals surface area contributed by atoms with E-state index < -0.39 is 0 Å². The minimum atomic E-state index is -0.114. The molecule has 1 N–H and O–H groups in total. The number of halogens is 1. The van der Waals surface area contributed by atoms with Crippen LogP contribution in [0.2, 0.25) is 0 Å². The van der Waals surface area contributed by atoms with Crippen molar-refractivity contribution in [2.45, 2.75) is 19.9 Å². The van der Waals surface area contributed by atoms with Crippen molar-refractivity contribution in [1.82, 2.24) is 4.57 Å². The van der Waals surface area contributed by atoms with E-state index in [1.54, 1.807) is 6.20 Å². The van der Waals surface area contributed by atoms with Crippen LogP contribution in [0.5, 0.6) is 0 Å². The van der Waals surface area contributed by atoms with Gasteiger partial charge in [0.15, 0.2) is 6.29 Å². The van der Waals surface area contributed by atoms with Crippen LogP contribution in [0.1, 0.15) is 22.8 Å². The highest BCUT2D eigenvalue weighted by atomic mass is 127. The van der Waals surface area contributed by atoms with Crippen molar-refractivity contribution in [3.63, 3.8) is 0 Å². The third-order valence-corrected chi connectivity index (χ3v) is 4.68. The van der Waals surface area contributed by atoms with Crippen LogP contribution in [0, 0.1) is 3.57 Å². The van der Waals surface area contributed by atoms with E-state index in [9.17, 15) is 9.59 Å². The standard InChI is InChI=1S/C19H17IN2O2/c1-2-13-4-3-5-17-14(12-23)10-22(19(13)17)11-18(24)21-16-8-6-15(20)7-9-16/h3-10,12H,2,11H2,1H3,(H,21,24). The van der Waals surface area contributed by atoms with Crippen LogP contribution in [-0.4, -0.2) is 16.8 Å². The van der Waals surface area contributed by atoms with Crippen molar-refractivity contribution in [3.8, 4) is 0 Å². The number of nitrogens with zero attached hydrogens (tertiary/aromatic N) is 1. The number of fused-ring (bicyclic) bond motifs is 1. The molecule has 0 unspecified atom stereocenters. The summed E-state index contributed by atoms with van der Waals surface area (Å²) in [5.74, 6) is -0.114. The number of amides is 1. The van der Waals surface area contributed by atoms with Gasteiger partial charge >= 0.3 is 0 Å². The van der Waals surface area contributed by atoms with Gasteiger partial charge in [-0.05, 0) is 58.8 Å². The molecule has 1 heterocycles. The molecule has 0 saturated heterocycles. The fourth-order valence-electron chi connectivity index (χ4n) is 2.86. The van der Waals surface area contributed by atoms with E-state index in [1.807, 2.05) is 47.0 Å². The summed E-state index contributed by atoms with van der Waals surface area (Å²) in [6.07, 6.45) is 3.44. The largest absolute Gasteiger partial charge is 0.337 e. The maximum absolute atomic E-state index is 12.4. The van der Waals surface area contributed by atoms with Crippen molar-refractivity contribution in [3.05, 3.63) is 63.4 Å². The van der Waals surface area contributed by atoms with Crippen LogP contribution >= 0.6 is 22.6 Å². The minimum absolute atomic E-state index is 0.114. The van der Waals surface area contributed by atoms with E-state index in [4.69, 9.17) is 0 Å². The molecule has 3 rings (SSSR count). The van der Waals surface area contributed by atoms with Crippen molar-refractivity contribution >= 4 is 51.4 Å². The average Bonchev–Trinajstić information content (AvgIpc) is 2.94. The van der Waals surface area contributed by atoms with Gasteiger partial charge in [0.2, 0.25) is 5.91 Å². The summed E-state index contributed by atoms with van der Waals surface area (Å²) in [5, 5.41) is 3.79. The molecule has 4 nitrogen and oxygen atoms in total. The normalized spacial score (nSPS) is 10.8. The number of aromatic nitrogens is 1. The lowest BCUT2D eigenvalue weighted by atomic mass is 10.1. The van der Waals surface area contributed by atoms with E-state index >= 15 is 0 Å². The number of anilines is 1. The molecule has 0 saturated carbocycles. The second kappa shape index (κ2) is 7.17. The van der Waals surface area contributed by atoms with Crippen LogP contribution in [0.4, 0.5) is 5.69 Å². The third kappa shape index (κ3) is 3.36. The second-order valence-corrected chi connectivity index (χ2v) is 6.80. The van der Waals surface area contributed by atoms with E-state index in [0.717, 1.165) is 38.4 Å². The molecule has 0 radical (unpaired) electrons. The number of aldehydes is 1. The predicted octanol–water partition coefficient (Wildman–Crippen LogP) is 4.26. The first-order valence-corrected chi connectivity index (χ1v) is 8.81. The van der Waals surface area contributed by atoms with Gasteiger partial charge in [0, 0.05) is 26.4 Å². The molecule has 0 fully saturated rings. The van der Waals surface area contributed by atoms with E-state index in [-0.39, 0.29) is 12.5 Å². The molecule has 24 heavy (non-hydrogen) atoms. The molecule has 0 bridgehead atoms. The average molecular weight is 432 g/mol. The number of benzene rings is 2. The lowest BCUT2D eigenvalue weighted by molar-refractivity contribution is -0.116. The monoisotopic (exact) mass is 432 g/mol. The van der Waals surface area contributed by atoms with Crippen LogP contribution in [0.25, 0.3) is 10.9 Å². The summed E-state index contributed by atoms with van der Waals surface area (Å²) < 4.78 is 2.98. The summed E-state index contributed by atoms with van der Waals surface area (Å²) in [6.45, 7) is 2.24. The SMILES string of the molecule is CCc1cccc2c(C=O)cn(CC(=O)Nc3ccc(I)cc3)c12. The summed E-state index contributed by atoms with van der Waals surface area (Å²) in [4.78, 5) is 23.7. The highest BCUT2D eigenvalue weighted by Crippen LogP contribution is 2.24. The predicted molar refractivity (Wildman–Crippen MR) is 104 cm³/mol. The van der Waals surface area contributed by atoms with Crippen LogP contribution in [0.15, 0.2) is 48.7 Å². The first-order chi connectivity index (χ1) is 11.6. The molecular formula is C19H17IN2O2. The summed E-state index contributed by atoms with van der Waals surface area (Å²) in [5.41, 5.74) is 3.47. The van der Waals surface area contributed by atoms with Crippen molar-refractivity contribution in [2.24, 2.45) is 0 Å². The Bertz CT molecular complexity index is 898. The molecule has 0 spiro atoms. The van der Waals surface area contributed by atoms with Gasteiger partial charge < -0.3 is 9.88 Å². The Hall–Kier alpha value is -2.15. The summed E-state index contributed by atoms with van der Waals surface area (Å²) >= 11 is 2.22. The lowest BCUT2D eigenvalue weighted by Gasteiger charge is -2.09. The van der Waals surface area contributed by atoms with Gasteiger partial charge in [-0.15, -0.1) is 0 Å². The van der Waals surface area contributed by atoms with Gasteiger partial charge in [-0.1, -0.05) is 25.1 Å². The highest BCUT2D eigenvalue weighted by Gasteiger charge is 2.13. The number of hydrogen-bond acceptors (Lipinski definition) is 2. The van der Waals surface area contributed by atoms with Gasteiger partial charge in [0.05, 0.1) is 5.52 Å². The van der Waals surface area contributed by atoms with Gasteiger partial charge in [-0.2, -0.15) is 0 Å². The minimum Gasteiger partial charge on any atom is -0.337 e. The molecule has 1 amide bonds. The number of aryl methyl sites for hydroxylation is 1. The zero-order chi connectivity index (χ0) is 17.1. The van der Waals surface area contributed by atoms with Gasteiger partial charge in [0.25, 0.3) is 0 Å². The van der Waals surface area contributed by atoms with Gasteiger partial charge in [0.1, 0.15) is 6.54 Å². The Kier molecular flexibility index (Phi) is 4.99. The third-order valence-electron chi connectivity index (χ3n) is 3.96. The van der Waals surface area contributed by atoms with Crippen molar-refractivity contribution < 1.29 is 9.59 Å². The second-order valence-electron chi connectivity index (χ2n) is 5.55. The quantitative estimate of drug-likeness (QED) is 0.484. The van der Waals surface area contributed by atoms with Crippen molar-refractivity contribution in [1.29, 1.82) is 0 Å². The Morgan fingerprint density at radius 2 is 1.96 bits per heavy atom. The van der Waals surface area contributed by atoms with Gasteiger partial charge in [-0.25, -0.2) is 0 Å². The lowest BCUT2D eigenvalue weighted by Crippen LogP contribution is -2.18. The molecule has 0 aliphatic carbocycles.